The van der Waals surface area contributed by atoms with Gasteiger partial charge in [-0.25, -0.2) is 0 Å². The average Bonchev–Trinajstić information content (AvgIpc) is 2.48. The predicted octanol–water partition coefficient (Wildman–Crippen LogP) is 3.62. The predicted molar refractivity (Wildman–Crippen MR) is 85.8 cm³/mol. The van der Waals surface area contributed by atoms with E-state index < -0.39 is 0 Å². The van der Waals surface area contributed by atoms with Crippen LogP contribution in [0, 0.1) is 6.92 Å². The maximum atomic E-state index is 12.2. The molecule has 0 saturated carbocycles. The lowest BCUT2D eigenvalue weighted by Gasteiger charge is -2.09. The molecule has 0 heterocycles. The Morgan fingerprint density at radius 1 is 1.19 bits per heavy atom. The summed E-state index contributed by atoms with van der Waals surface area (Å²) in [6, 6.07) is 12.6. The Hall–Kier alpha value is -2.49. The van der Waals surface area contributed by atoms with Gasteiger partial charge in [0.1, 0.15) is 5.75 Å². The summed E-state index contributed by atoms with van der Waals surface area (Å²) in [5.41, 5.74) is 8.70. The van der Waals surface area contributed by atoms with Crippen molar-refractivity contribution in [3.63, 3.8) is 0 Å². The highest BCUT2D eigenvalue weighted by atomic mass is 16.5. The third-order valence-electron chi connectivity index (χ3n) is 3.04. The van der Waals surface area contributed by atoms with E-state index in [0.717, 1.165) is 17.7 Å². The highest BCUT2D eigenvalue weighted by Gasteiger charge is 2.08. The molecule has 0 fully saturated rings. The standard InChI is InChI=1S/C17H20N2O2/c1-3-10-21-14-7-5-13(6-8-14)17(20)19-16-9-4-12(2)11-15(16)18/h4-9,11H,3,10,18H2,1-2H3,(H,19,20). The van der Waals surface area contributed by atoms with Crippen LogP contribution in [0.5, 0.6) is 5.75 Å². The molecule has 2 aromatic rings. The molecule has 0 aliphatic heterocycles. The summed E-state index contributed by atoms with van der Waals surface area (Å²) in [5.74, 6) is 0.579. The lowest BCUT2D eigenvalue weighted by molar-refractivity contribution is 0.102. The monoisotopic (exact) mass is 284 g/mol. The minimum atomic E-state index is -0.187. The minimum Gasteiger partial charge on any atom is -0.494 e. The first-order valence-electron chi connectivity index (χ1n) is 7.00. The second-order valence-electron chi connectivity index (χ2n) is 4.92. The maximum absolute atomic E-state index is 12.2. The van der Waals surface area contributed by atoms with Crippen molar-refractivity contribution in [2.45, 2.75) is 20.3 Å². The van der Waals surface area contributed by atoms with Gasteiger partial charge in [-0.1, -0.05) is 13.0 Å². The first-order chi connectivity index (χ1) is 10.1. The fourth-order valence-corrected chi connectivity index (χ4v) is 1.91. The third-order valence-corrected chi connectivity index (χ3v) is 3.04. The molecule has 0 aliphatic carbocycles. The number of carbonyl (C=O) groups is 1. The van der Waals surface area contributed by atoms with Crippen LogP contribution in [-0.4, -0.2) is 12.5 Å². The summed E-state index contributed by atoms with van der Waals surface area (Å²) in [6.45, 7) is 4.68. The number of ether oxygens (including phenoxy) is 1. The number of hydrogen-bond donors (Lipinski definition) is 2. The second kappa shape index (κ2) is 6.79. The van der Waals surface area contributed by atoms with Crippen molar-refractivity contribution in [1.29, 1.82) is 0 Å². The van der Waals surface area contributed by atoms with E-state index in [1.807, 2.05) is 26.0 Å². The number of aryl methyl sites for hydroxylation is 1. The molecule has 2 aromatic carbocycles. The lowest BCUT2D eigenvalue weighted by atomic mass is 10.1. The van der Waals surface area contributed by atoms with E-state index in [1.54, 1.807) is 30.3 Å². The van der Waals surface area contributed by atoms with Gasteiger partial charge >= 0.3 is 0 Å². The zero-order valence-electron chi connectivity index (χ0n) is 12.3. The quantitative estimate of drug-likeness (QED) is 0.824. The van der Waals surface area contributed by atoms with Gasteiger partial charge in [0, 0.05) is 5.56 Å². The molecule has 4 nitrogen and oxygen atoms in total. The molecule has 110 valence electrons. The van der Waals surface area contributed by atoms with Crippen molar-refractivity contribution < 1.29 is 9.53 Å². The van der Waals surface area contributed by atoms with Crippen LogP contribution in [0.2, 0.25) is 0 Å². The Morgan fingerprint density at radius 3 is 2.52 bits per heavy atom. The van der Waals surface area contributed by atoms with Gasteiger partial charge in [-0.05, 0) is 55.3 Å². The number of nitrogens with two attached hydrogens (primary N) is 1. The Morgan fingerprint density at radius 2 is 1.90 bits per heavy atom. The number of nitrogen functional groups attached to an aromatic ring is 1. The molecule has 21 heavy (non-hydrogen) atoms. The van der Waals surface area contributed by atoms with Crippen LogP contribution >= 0.6 is 0 Å². The fourth-order valence-electron chi connectivity index (χ4n) is 1.91. The molecule has 0 atom stereocenters. The molecule has 0 bridgehead atoms. The van der Waals surface area contributed by atoms with Crippen molar-refractivity contribution in [3.05, 3.63) is 53.6 Å². The number of carbonyl (C=O) groups excluding carboxylic acids is 1. The average molecular weight is 284 g/mol. The number of anilines is 2. The molecule has 0 saturated heterocycles. The summed E-state index contributed by atoms with van der Waals surface area (Å²) in [7, 11) is 0. The third kappa shape index (κ3) is 3.99. The van der Waals surface area contributed by atoms with Crippen LogP contribution in [0.1, 0.15) is 29.3 Å². The molecule has 0 spiro atoms. The van der Waals surface area contributed by atoms with E-state index in [9.17, 15) is 4.79 Å². The first kappa shape index (κ1) is 14.9. The minimum absolute atomic E-state index is 0.187. The van der Waals surface area contributed by atoms with Gasteiger partial charge in [-0.2, -0.15) is 0 Å². The summed E-state index contributed by atoms with van der Waals surface area (Å²) < 4.78 is 5.49. The Labute approximate surface area is 124 Å². The molecule has 0 unspecified atom stereocenters. The highest BCUT2D eigenvalue weighted by Crippen LogP contribution is 2.21. The van der Waals surface area contributed by atoms with E-state index in [2.05, 4.69) is 5.32 Å². The number of amides is 1. The van der Waals surface area contributed by atoms with E-state index in [1.165, 1.54) is 0 Å². The van der Waals surface area contributed by atoms with Gasteiger partial charge in [0.2, 0.25) is 0 Å². The van der Waals surface area contributed by atoms with Crippen molar-refractivity contribution in [2.24, 2.45) is 0 Å². The molecular formula is C17H20N2O2. The number of hydrogen-bond acceptors (Lipinski definition) is 3. The van der Waals surface area contributed by atoms with Gasteiger partial charge in [-0.15, -0.1) is 0 Å². The lowest BCUT2D eigenvalue weighted by Crippen LogP contribution is -2.13. The molecule has 3 N–H and O–H groups in total. The topological polar surface area (TPSA) is 64.3 Å². The van der Waals surface area contributed by atoms with Gasteiger partial charge in [0.05, 0.1) is 18.0 Å². The van der Waals surface area contributed by atoms with Crippen LogP contribution in [0.3, 0.4) is 0 Å². The van der Waals surface area contributed by atoms with Gasteiger partial charge in [-0.3, -0.25) is 4.79 Å². The largest absolute Gasteiger partial charge is 0.494 e. The van der Waals surface area contributed by atoms with Gasteiger partial charge < -0.3 is 15.8 Å². The number of benzene rings is 2. The van der Waals surface area contributed by atoms with Crippen LogP contribution in [0.15, 0.2) is 42.5 Å². The zero-order valence-corrected chi connectivity index (χ0v) is 12.3. The van der Waals surface area contributed by atoms with Crippen molar-refractivity contribution in [1.82, 2.24) is 0 Å². The van der Waals surface area contributed by atoms with Crippen molar-refractivity contribution in [3.8, 4) is 5.75 Å². The molecule has 0 aliphatic rings. The SMILES string of the molecule is CCCOc1ccc(C(=O)Nc2ccc(C)cc2N)cc1. The second-order valence-corrected chi connectivity index (χ2v) is 4.92. The highest BCUT2D eigenvalue weighted by molar-refractivity contribution is 6.05. The molecule has 1 amide bonds. The number of rotatable bonds is 5. The Kier molecular flexibility index (Phi) is 4.82. The number of nitrogens with one attached hydrogen (secondary N) is 1. The summed E-state index contributed by atoms with van der Waals surface area (Å²) in [5, 5.41) is 2.81. The first-order valence-corrected chi connectivity index (χ1v) is 7.00. The molecule has 0 radical (unpaired) electrons. The molecular weight excluding hydrogens is 264 g/mol. The molecule has 0 aromatic heterocycles. The normalized spacial score (nSPS) is 10.2. The fraction of sp³-hybridized carbons (Fsp3) is 0.235. The van der Waals surface area contributed by atoms with E-state index in [4.69, 9.17) is 10.5 Å². The van der Waals surface area contributed by atoms with Crippen LogP contribution in [-0.2, 0) is 0 Å². The van der Waals surface area contributed by atoms with E-state index in [0.29, 0.717) is 23.5 Å². The van der Waals surface area contributed by atoms with Crippen LogP contribution in [0.25, 0.3) is 0 Å². The van der Waals surface area contributed by atoms with Crippen molar-refractivity contribution in [2.75, 3.05) is 17.7 Å². The zero-order chi connectivity index (χ0) is 15.2. The van der Waals surface area contributed by atoms with E-state index in [-0.39, 0.29) is 5.91 Å². The smallest absolute Gasteiger partial charge is 0.255 e. The Balaban J connectivity index is 2.06. The van der Waals surface area contributed by atoms with Crippen LogP contribution < -0.4 is 15.8 Å². The van der Waals surface area contributed by atoms with Crippen molar-refractivity contribution >= 4 is 17.3 Å². The van der Waals surface area contributed by atoms with Gasteiger partial charge in [0.15, 0.2) is 0 Å². The summed E-state index contributed by atoms with van der Waals surface area (Å²) >= 11 is 0. The molecule has 2 rings (SSSR count). The van der Waals surface area contributed by atoms with Gasteiger partial charge in [0.25, 0.3) is 5.91 Å². The summed E-state index contributed by atoms with van der Waals surface area (Å²) in [6.07, 6.45) is 0.953. The van der Waals surface area contributed by atoms with E-state index >= 15 is 0 Å². The Bertz CT molecular complexity index is 621. The molecule has 4 heteroatoms. The summed E-state index contributed by atoms with van der Waals surface area (Å²) in [4.78, 5) is 12.2. The maximum Gasteiger partial charge on any atom is 0.255 e. The van der Waals surface area contributed by atoms with Crippen LogP contribution in [0.4, 0.5) is 11.4 Å².